The van der Waals surface area contributed by atoms with Gasteiger partial charge in [-0.05, 0) is 48.5 Å². The Morgan fingerprint density at radius 2 is 1.67 bits per heavy atom. The number of anilines is 2. The van der Waals surface area contributed by atoms with Crippen molar-refractivity contribution >= 4 is 57.3 Å². The van der Waals surface area contributed by atoms with Gasteiger partial charge in [-0.1, -0.05) is 34.7 Å². The highest BCUT2D eigenvalue weighted by Gasteiger charge is 2.30. The fourth-order valence-corrected chi connectivity index (χ4v) is 3.83. The summed E-state index contributed by atoms with van der Waals surface area (Å²) in [5, 5.41) is 13.6. The number of carbonyl (C=O) groups is 2. The Kier molecular flexibility index (Phi) is 6.95. The SMILES string of the molecule is O=C(CSc1nnc(NC(=O)c2ccc(Cl)cc2)s1)Nc1ccc(C(F)(F)F)cc1. The van der Waals surface area contributed by atoms with E-state index >= 15 is 0 Å². The first kappa shape index (κ1) is 22.1. The minimum absolute atomic E-state index is 0.0270. The number of thioether (sulfide) groups is 1. The van der Waals surface area contributed by atoms with Crippen LogP contribution >= 0.6 is 34.7 Å². The van der Waals surface area contributed by atoms with E-state index in [0.717, 1.165) is 35.2 Å². The van der Waals surface area contributed by atoms with Gasteiger partial charge in [-0.15, -0.1) is 10.2 Å². The largest absolute Gasteiger partial charge is 0.416 e. The minimum atomic E-state index is -4.43. The number of hydrogen-bond donors (Lipinski definition) is 2. The number of benzene rings is 2. The molecule has 1 heterocycles. The van der Waals surface area contributed by atoms with Crippen molar-refractivity contribution in [2.45, 2.75) is 10.5 Å². The Bertz CT molecular complexity index is 1040. The van der Waals surface area contributed by atoms with E-state index in [1.165, 1.54) is 12.1 Å². The predicted molar refractivity (Wildman–Crippen MR) is 110 cm³/mol. The van der Waals surface area contributed by atoms with Crippen LogP contribution < -0.4 is 10.6 Å². The molecule has 156 valence electrons. The second kappa shape index (κ2) is 9.45. The normalized spacial score (nSPS) is 11.2. The van der Waals surface area contributed by atoms with E-state index in [4.69, 9.17) is 11.6 Å². The van der Waals surface area contributed by atoms with Crippen LogP contribution in [0.15, 0.2) is 52.9 Å². The van der Waals surface area contributed by atoms with Gasteiger partial charge in [-0.3, -0.25) is 14.9 Å². The lowest BCUT2D eigenvalue weighted by Gasteiger charge is -2.08. The number of alkyl halides is 3. The molecule has 2 amide bonds. The molecule has 0 bridgehead atoms. The summed E-state index contributed by atoms with van der Waals surface area (Å²) in [5.41, 5.74) is -0.140. The monoisotopic (exact) mass is 472 g/mol. The smallest absolute Gasteiger partial charge is 0.325 e. The summed E-state index contributed by atoms with van der Waals surface area (Å²) < 4.78 is 38.1. The van der Waals surface area contributed by atoms with Crippen molar-refractivity contribution in [3.63, 3.8) is 0 Å². The topological polar surface area (TPSA) is 84.0 Å². The Labute approximate surface area is 181 Å². The van der Waals surface area contributed by atoms with Crippen LogP contribution in [0.3, 0.4) is 0 Å². The number of hydrogen-bond acceptors (Lipinski definition) is 6. The third-order valence-electron chi connectivity index (χ3n) is 3.56. The lowest BCUT2D eigenvalue weighted by molar-refractivity contribution is -0.137. The molecule has 0 saturated carbocycles. The molecule has 2 aromatic carbocycles. The summed E-state index contributed by atoms with van der Waals surface area (Å²) in [6, 6.07) is 10.5. The zero-order chi connectivity index (χ0) is 21.7. The Morgan fingerprint density at radius 1 is 1.00 bits per heavy atom. The lowest BCUT2D eigenvalue weighted by Crippen LogP contribution is -2.14. The average Bonchev–Trinajstić information content (AvgIpc) is 3.14. The first-order valence-corrected chi connectivity index (χ1v) is 10.4. The Balaban J connectivity index is 1.49. The number of aromatic nitrogens is 2. The highest BCUT2D eigenvalue weighted by molar-refractivity contribution is 8.01. The lowest BCUT2D eigenvalue weighted by atomic mass is 10.2. The molecule has 2 N–H and O–H groups in total. The molecule has 0 fully saturated rings. The van der Waals surface area contributed by atoms with Crippen LogP contribution in [-0.4, -0.2) is 27.8 Å². The highest BCUT2D eigenvalue weighted by Crippen LogP contribution is 2.30. The molecule has 0 aliphatic carbocycles. The van der Waals surface area contributed by atoms with Gasteiger partial charge in [0, 0.05) is 16.3 Å². The summed E-state index contributed by atoms with van der Waals surface area (Å²) in [7, 11) is 0. The maximum atomic E-state index is 12.6. The number of rotatable bonds is 6. The van der Waals surface area contributed by atoms with E-state index in [-0.39, 0.29) is 22.5 Å². The van der Waals surface area contributed by atoms with Crippen molar-refractivity contribution in [1.82, 2.24) is 10.2 Å². The number of nitrogens with zero attached hydrogens (tertiary/aromatic N) is 2. The molecule has 3 aromatic rings. The standard InChI is InChI=1S/C18H12ClF3N4O2S2/c19-12-5-1-10(2-6-12)15(28)24-16-25-26-17(30-16)29-9-14(27)23-13-7-3-11(4-8-13)18(20,21)22/h1-8H,9H2,(H,23,27)(H,24,25,28). The van der Waals surface area contributed by atoms with Crippen LogP contribution in [0.4, 0.5) is 24.0 Å². The van der Waals surface area contributed by atoms with Gasteiger partial charge in [-0.25, -0.2) is 0 Å². The van der Waals surface area contributed by atoms with Crippen molar-refractivity contribution in [3.8, 4) is 0 Å². The second-order valence-corrected chi connectivity index (χ2v) is 8.38. The third-order valence-corrected chi connectivity index (χ3v) is 5.78. The van der Waals surface area contributed by atoms with Crippen LogP contribution in [0.2, 0.25) is 5.02 Å². The van der Waals surface area contributed by atoms with E-state index < -0.39 is 17.6 Å². The summed E-state index contributed by atoms with van der Waals surface area (Å²) in [6.45, 7) is 0. The van der Waals surface area contributed by atoms with E-state index in [0.29, 0.717) is 14.9 Å². The van der Waals surface area contributed by atoms with Gasteiger partial charge in [0.1, 0.15) is 0 Å². The van der Waals surface area contributed by atoms with Crippen LogP contribution in [0.1, 0.15) is 15.9 Å². The molecule has 0 unspecified atom stereocenters. The van der Waals surface area contributed by atoms with Gasteiger partial charge in [-0.2, -0.15) is 13.2 Å². The molecular weight excluding hydrogens is 461 g/mol. The third kappa shape index (κ3) is 6.18. The average molecular weight is 473 g/mol. The number of halogens is 4. The van der Waals surface area contributed by atoms with Crippen LogP contribution in [0, 0.1) is 0 Å². The Morgan fingerprint density at radius 3 is 2.30 bits per heavy atom. The number of nitrogens with one attached hydrogen (secondary N) is 2. The fourth-order valence-electron chi connectivity index (χ4n) is 2.16. The maximum absolute atomic E-state index is 12.6. The van der Waals surface area contributed by atoms with Crippen LogP contribution in [0.25, 0.3) is 0 Å². The molecule has 0 atom stereocenters. The second-order valence-electron chi connectivity index (χ2n) is 5.75. The highest BCUT2D eigenvalue weighted by atomic mass is 35.5. The number of amides is 2. The maximum Gasteiger partial charge on any atom is 0.416 e. The van der Waals surface area contributed by atoms with Gasteiger partial charge < -0.3 is 5.32 Å². The molecule has 6 nitrogen and oxygen atoms in total. The van der Waals surface area contributed by atoms with Crippen LogP contribution in [0.5, 0.6) is 0 Å². The van der Waals surface area contributed by atoms with Crippen molar-refractivity contribution < 1.29 is 22.8 Å². The van der Waals surface area contributed by atoms with Gasteiger partial charge in [0.2, 0.25) is 11.0 Å². The van der Waals surface area contributed by atoms with Gasteiger partial charge >= 0.3 is 6.18 Å². The molecule has 0 spiro atoms. The first-order chi connectivity index (χ1) is 14.2. The van der Waals surface area contributed by atoms with Crippen molar-refractivity contribution in [2.24, 2.45) is 0 Å². The Hall–Kier alpha value is -2.63. The summed E-state index contributed by atoms with van der Waals surface area (Å²) in [6.07, 6.45) is -4.43. The summed E-state index contributed by atoms with van der Waals surface area (Å²) >= 11 is 7.96. The molecular formula is C18H12ClF3N4O2S2. The molecule has 3 rings (SSSR count). The molecule has 1 aromatic heterocycles. The van der Waals surface area contributed by atoms with Crippen LogP contribution in [-0.2, 0) is 11.0 Å². The zero-order valence-electron chi connectivity index (χ0n) is 14.9. The van der Waals surface area contributed by atoms with E-state index in [1.807, 2.05) is 0 Å². The summed E-state index contributed by atoms with van der Waals surface area (Å²) in [4.78, 5) is 24.1. The first-order valence-electron chi connectivity index (χ1n) is 8.21. The fraction of sp³-hybridized carbons (Fsp3) is 0.111. The van der Waals surface area contributed by atoms with E-state index in [2.05, 4.69) is 20.8 Å². The van der Waals surface area contributed by atoms with Crippen molar-refractivity contribution in [2.75, 3.05) is 16.4 Å². The predicted octanol–water partition coefficient (Wildman–Crippen LogP) is 5.19. The minimum Gasteiger partial charge on any atom is -0.325 e. The molecule has 0 saturated heterocycles. The molecule has 0 aliphatic rings. The zero-order valence-corrected chi connectivity index (χ0v) is 17.3. The molecule has 0 aliphatic heterocycles. The molecule has 12 heteroatoms. The molecule has 0 radical (unpaired) electrons. The molecule has 30 heavy (non-hydrogen) atoms. The van der Waals surface area contributed by atoms with E-state index in [1.54, 1.807) is 24.3 Å². The number of carbonyl (C=O) groups excluding carboxylic acids is 2. The van der Waals surface area contributed by atoms with Gasteiger partial charge in [0.25, 0.3) is 5.91 Å². The quantitative estimate of drug-likeness (QED) is 0.381. The van der Waals surface area contributed by atoms with E-state index in [9.17, 15) is 22.8 Å². The van der Waals surface area contributed by atoms with Gasteiger partial charge in [0.05, 0.1) is 11.3 Å². The van der Waals surface area contributed by atoms with Gasteiger partial charge in [0.15, 0.2) is 4.34 Å². The van der Waals surface area contributed by atoms with Crippen molar-refractivity contribution in [3.05, 3.63) is 64.7 Å². The summed E-state index contributed by atoms with van der Waals surface area (Å²) in [5.74, 6) is -0.818. The van der Waals surface area contributed by atoms with Crippen molar-refractivity contribution in [1.29, 1.82) is 0 Å².